The fourth-order valence-electron chi connectivity index (χ4n) is 15.1. The van der Waals surface area contributed by atoms with Gasteiger partial charge in [0.1, 0.15) is 11.6 Å². The zero-order chi connectivity index (χ0) is 41.9. The number of hydrogen-bond acceptors (Lipinski definition) is 6. The molecule has 0 aromatic carbocycles. The first kappa shape index (κ1) is 42.4. The van der Waals surface area contributed by atoms with E-state index in [9.17, 15) is 29.1 Å². The molecule has 0 aromatic rings. The van der Waals surface area contributed by atoms with E-state index < -0.39 is 34.2 Å². The van der Waals surface area contributed by atoms with E-state index >= 15 is 0 Å². The first-order chi connectivity index (χ1) is 26.4. The third kappa shape index (κ3) is 6.21. The Hall–Kier alpha value is -2.71. The fraction of sp³-hybridized carbons (Fsp3) is 0.854. The number of allylic oxidation sites excluding steroid dienone is 1. The van der Waals surface area contributed by atoms with E-state index in [-0.39, 0.29) is 75.6 Å². The molecule has 7 rings (SSSR count). The zero-order valence-corrected chi connectivity index (χ0v) is 37.1. The number of aliphatic carboxylic acids is 1. The van der Waals surface area contributed by atoms with Gasteiger partial charge in [-0.2, -0.15) is 0 Å². The van der Waals surface area contributed by atoms with Crippen molar-refractivity contribution >= 4 is 29.5 Å². The van der Waals surface area contributed by atoms with E-state index in [1.807, 2.05) is 27.7 Å². The van der Waals surface area contributed by atoms with Gasteiger partial charge in [-0.1, -0.05) is 81.6 Å². The Balaban J connectivity index is 1.13. The quantitative estimate of drug-likeness (QED) is 0.209. The van der Waals surface area contributed by atoms with Crippen molar-refractivity contribution in [3.63, 3.8) is 0 Å². The van der Waals surface area contributed by atoms with E-state index in [1.165, 1.54) is 6.42 Å². The van der Waals surface area contributed by atoms with Crippen LogP contribution in [0.3, 0.4) is 0 Å². The Kier molecular flexibility index (Phi) is 10.4. The van der Waals surface area contributed by atoms with E-state index in [1.54, 1.807) is 0 Å². The van der Waals surface area contributed by atoms with Gasteiger partial charge in [0, 0.05) is 17.9 Å². The van der Waals surface area contributed by atoms with Crippen LogP contribution in [-0.4, -0.2) is 52.3 Å². The molecule has 318 valence electrons. The third-order valence-electron chi connectivity index (χ3n) is 18.8. The Morgan fingerprint density at radius 2 is 1.44 bits per heavy atom. The first-order valence-corrected chi connectivity index (χ1v) is 22.7. The highest BCUT2D eigenvalue weighted by molar-refractivity contribution is 6.07. The van der Waals surface area contributed by atoms with Gasteiger partial charge in [0.2, 0.25) is 11.8 Å². The summed E-state index contributed by atoms with van der Waals surface area (Å²) in [6.07, 6.45) is 12.9. The number of carbonyl (C=O) groups is 5. The maximum atomic E-state index is 14.9. The minimum absolute atomic E-state index is 0.00484. The van der Waals surface area contributed by atoms with E-state index in [2.05, 4.69) is 59.1 Å². The highest BCUT2D eigenvalue weighted by atomic mass is 16.5. The highest BCUT2D eigenvalue weighted by Crippen LogP contribution is 2.77. The summed E-state index contributed by atoms with van der Waals surface area (Å²) < 4.78 is 6.41. The number of nitrogens with one attached hydrogen (secondary N) is 2. The zero-order valence-electron chi connectivity index (χ0n) is 37.1. The van der Waals surface area contributed by atoms with Crippen molar-refractivity contribution in [2.24, 2.45) is 68.0 Å². The van der Waals surface area contributed by atoms with Crippen molar-refractivity contribution in [3.05, 3.63) is 11.1 Å². The molecule has 7 aliphatic rings. The summed E-state index contributed by atoms with van der Waals surface area (Å²) in [5, 5.41) is 16.1. The van der Waals surface area contributed by atoms with Gasteiger partial charge in [-0.3, -0.25) is 24.0 Å². The minimum Gasteiger partial charge on any atom is -0.481 e. The van der Waals surface area contributed by atoms with Crippen LogP contribution < -0.4 is 10.6 Å². The topological polar surface area (TPSA) is 139 Å². The molecule has 6 fully saturated rings. The molecule has 6 saturated carbocycles. The van der Waals surface area contributed by atoms with E-state index in [0.717, 1.165) is 81.8 Å². The minimum atomic E-state index is -1.11. The number of esters is 1. The summed E-state index contributed by atoms with van der Waals surface area (Å²) in [5.41, 5.74) is -1.08. The molecule has 0 radical (unpaired) electrons. The second kappa shape index (κ2) is 13.9. The summed E-state index contributed by atoms with van der Waals surface area (Å²) in [7, 11) is 0. The number of ketones is 1. The lowest BCUT2D eigenvalue weighted by Crippen LogP contribution is -2.67. The largest absolute Gasteiger partial charge is 0.481 e. The molecule has 0 spiro atoms. The van der Waals surface area contributed by atoms with Crippen LogP contribution in [0.4, 0.5) is 0 Å². The molecule has 9 heteroatoms. The van der Waals surface area contributed by atoms with Gasteiger partial charge < -0.3 is 20.5 Å². The molecule has 0 saturated heterocycles. The second-order valence-corrected chi connectivity index (χ2v) is 23.0. The lowest BCUT2D eigenvalue weighted by Gasteiger charge is -2.72. The number of carboxylic acids is 1. The van der Waals surface area contributed by atoms with Crippen molar-refractivity contribution in [1.29, 1.82) is 0 Å². The summed E-state index contributed by atoms with van der Waals surface area (Å²) in [4.78, 5) is 68.2. The molecule has 57 heavy (non-hydrogen) atoms. The van der Waals surface area contributed by atoms with Gasteiger partial charge >= 0.3 is 11.9 Å². The maximum absolute atomic E-state index is 14.9. The van der Waals surface area contributed by atoms with E-state index in [4.69, 9.17) is 4.74 Å². The second-order valence-electron chi connectivity index (χ2n) is 23.0. The fourth-order valence-corrected chi connectivity index (χ4v) is 15.1. The van der Waals surface area contributed by atoms with Gasteiger partial charge in [-0.25, -0.2) is 0 Å². The Bertz CT molecular complexity index is 1740. The smallest absolute Gasteiger partial charge is 0.309 e. The predicted octanol–water partition coefficient (Wildman–Crippen LogP) is 8.97. The van der Waals surface area contributed by atoms with Crippen molar-refractivity contribution in [3.8, 4) is 0 Å². The van der Waals surface area contributed by atoms with Gasteiger partial charge in [-0.05, 0) is 141 Å². The number of ether oxygens (including phenoxy) is 1. The third-order valence-corrected chi connectivity index (χ3v) is 18.8. The summed E-state index contributed by atoms with van der Waals surface area (Å²) >= 11 is 0. The maximum Gasteiger partial charge on any atom is 0.309 e. The summed E-state index contributed by atoms with van der Waals surface area (Å²) in [6.45, 7) is 23.7. The Labute approximate surface area is 342 Å². The van der Waals surface area contributed by atoms with Crippen molar-refractivity contribution in [2.45, 2.75) is 190 Å². The molecule has 3 N–H and O–H groups in total. The van der Waals surface area contributed by atoms with Crippen LogP contribution in [0, 0.1) is 68.0 Å². The lowest BCUT2D eigenvalue weighted by atomic mass is 9.33. The molecule has 9 nitrogen and oxygen atoms in total. The summed E-state index contributed by atoms with van der Waals surface area (Å²) in [6, 6.07) is 0.142. The standard InChI is InChI=1S/C48H74N2O7/c1-27(2)36-32(51)26-48(41(56)50-44(7,8)40(55)49-28-15-13-12-14-16-28)24-23-46(10)29(37(36)48)17-18-34-45(9)21-20-35(43(5,6)33(45)19-22-47(34,46)11)57-39(54)31-25-30(38(52)53)42(31,3)4/h27-31,33-35H,12-26H2,1-11H3,(H,49,55)(H,50,56)(H,52,53)/t29-,30+,31-,33+,34-,35+,45+,46-,47-,48-/m1/s1. The molecule has 0 bridgehead atoms. The number of carbonyl (C=O) groups excluding carboxylic acids is 4. The lowest BCUT2D eigenvalue weighted by molar-refractivity contribution is -0.236. The van der Waals surface area contributed by atoms with Gasteiger partial charge in [-0.15, -0.1) is 0 Å². The van der Waals surface area contributed by atoms with Crippen molar-refractivity contribution < 1.29 is 33.8 Å². The van der Waals surface area contributed by atoms with Crippen LogP contribution in [-0.2, 0) is 28.7 Å². The van der Waals surface area contributed by atoms with E-state index in [0.29, 0.717) is 24.7 Å². The number of fused-ring (bicyclic) bond motifs is 7. The van der Waals surface area contributed by atoms with Crippen LogP contribution in [0.15, 0.2) is 11.1 Å². The Morgan fingerprint density at radius 3 is 2.05 bits per heavy atom. The molecule has 2 amide bonds. The molecule has 7 aliphatic carbocycles. The van der Waals surface area contributed by atoms with Gasteiger partial charge in [0.25, 0.3) is 0 Å². The molecular weight excluding hydrogens is 717 g/mol. The first-order valence-electron chi connectivity index (χ1n) is 22.7. The average molecular weight is 791 g/mol. The highest BCUT2D eigenvalue weighted by Gasteiger charge is 2.71. The van der Waals surface area contributed by atoms with Crippen LogP contribution in [0.2, 0.25) is 0 Å². The molecule has 0 aliphatic heterocycles. The number of carboxylic acid groups (broad SMARTS) is 1. The predicted molar refractivity (Wildman–Crippen MR) is 220 cm³/mol. The van der Waals surface area contributed by atoms with Gasteiger partial charge in [0.05, 0.1) is 17.3 Å². The number of hydrogen-bond donors (Lipinski definition) is 3. The van der Waals surface area contributed by atoms with Crippen LogP contribution in [0.1, 0.15) is 172 Å². The number of amides is 2. The Morgan fingerprint density at radius 1 is 0.772 bits per heavy atom. The van der Waals surface area contributed by atoms with Crippen LogP contribution >= 0.6 is 0 Å². The monoisotopic (exact) mass is 791 g/mol. The molecule has 0 aromatic heterocycles. The van der Waals surface area contributed by atoms with Gasteiger partial charge in [0.15, 0.2) is 5.78 Å². The van der Waals surface area contributed by atoms with Crippen molar-refractivity contribution in [1.82, 2.24) is 10.6 Å². The average Bonchev–Trinajstić information content (AvgIpc) is 3.42. The van der Waals surface area contributed by atoms with Crippen LogP contribution in [0.5, 0.6) is 0 Å². The molecule has 0 unspecified atom stereocenters. The number of rotatable bonds is 8. The SMILES string of the molecule is CC(C)C1=C2[C@H]3CC[C@@H]4[C@@]5(C)CC[C@H](OC(=O)[C@H]6C[C@@H](C(=O)O)C6(C)C)C(C)(C)[C@@H]5CC[C@@]4(C)[C@]3(C)CC[C@@]2(C(=O)NC(C)(C)C(=O)NC2CCCCC2)CC1=O. The molecule has 0 heterocycles. The normalized spacial score (nSPS) is 41.2. The molecule has 10 atom stereocenters. The van der Waals surface area contributed by atoms with Crippen molar-refractivity contribution in [2.75, 3.05) is 0 Å². The van der Waals surface area contributed by atoms with Crippen LogP contribution in [0.25, 0.3) is 0 Å². The summed E-state index contributed by atoms with van der Waals surface area (Å²) in [5.74, 6) is -1.31. The number of Topliss-reactive ketones (excluding diaryl/α,β-unsaturated/α-hetero) is 1. The molecular formula is C48H74N2O7.